The average Bonchev–Trinajstić information content (AvgIpc) is 2.57. The van der Waals surface area contributed by atoms with Crippen LogP contribution in [0.15, 0.2) is 46.9 Å². The van der Waals surface area contributed by atoms with Crippen LogP contribution in [0.5, 0.6) is 11.5 Å². The van der Waals surface area contributed by atoms with Crippen LogP contribution in [0.25, 0.3) is 6.08 Å². The lowest BCUT2D eigenvalue weighted by molar-refractivity contribution is -0.118. The summed E-state index contributed by atoms with van der Waals surface area (Å²) >= 11 is 3.43. The Kier molecular flexibility index (Phi) is 6.44. The van der Waals surface area contributed by atoms with Gasteiger partial charge in [-0.3, -0.25) is 4.79 Å². The first-order valence-corrected chi connectivity index (χ1v) is 8.32. The van der Waals surface area contributed by atoms with Gasteiger partial charge in [0.2, 0.25) is 0 Å². The number of halogens is 1. The highest BCUT2D eigenvalue weighted by atomic mass is 79.9. The topological polar surface area (TPSA) is 47.6 Å². The minimum atomic E-state index is -0.226. The lowest BCUT2D eigenvalue weighted by Crippen LogP contribution is -2.20. The Morgan fingerprint density at radius 2 is 2.00 bits per heavy atom. The van der Waals surface area contributed by atoms with Crippen LogP contribution in [0.2, 0.25) is 0 Å². The van der Waals surface area contributed by atoms with Gasteiger partial charge in [-0.2, -0.15) is 0 Å². The first-order chi connectivity index (χ1) is 11.5. The third-order valence-electron chi connectivity index (χ3n) is 3.35. The van der Waals surface area contributed by atoms with Crippen LogP contribution in [-0.4, -0.2) is 19.6 Å². The zero-order valence-corrected chi connectivity index (χ0v) is 15.5. The van der Waals surface area contributed by atoms with Crippen molar-refractivity contribution in [2.45, 2.75) is 13.8 Å². The highest BCUT2D eigenvalue weighted by Gasteiger charge is 2.09. The highest BCUT2D eigenvalue weighted by molar-refractivity contribution is 9.10. The maximum Gasteiger partial charge on any atom is 0.262 e. The number of nitrogens with one attached hydrogen (secondary N) is 1. The maximum absolute atomic E-state index is 12.1. The van der Waals surface area contributed by atoms with Crippen molar-refractivity contribution < 1.29 is 14.3 Å². The summed E-state index contributed by atoms with van der Waals surface area (Å²) in [5, 5.41) is 2.81. The summed E-state index contributed by atoms with van der Waals surface area (Å²) in [7, 11) is 1.58. The van der Waals surface area contributed by atoms with Crippen molar-refractivity contribution >= 4 is 33.6 Å². The molecule has 0 saturated heterocycles. The summed E-state index contributed by atoms with van der Waals surface area (Å²) in [4.78, 5) is 12.1. The molecule has 5 heteroatoms. The molecule has 2 rings (SSSR count). The molecule has 0 spiro atoms. The molecule has 0 aliphatic heterocycles. The largest absolute Gasteiger partial charge is 0.493 e. The fourth-order valence-electron chi connectivity index (χ4n) is 2.16. The SMILES string of the molecule is C/C=C/c1ccc(OCC(=O)Nc2ccc(Br)c(C)c2)c(OC)c1. The number of anilines is 1. The van der Waals surface area contributed by atoms with Crippen molar-refractivity contribution in [1.29, 1.82) is 0 Å². The molecule has 0 radical (unpaired) electrons. The molecular formula is C19H20BrNO3. The number of methoxy groups -OCH3 is 1. The molecule has 0 aromatic heterocycles. The predicted octanol–water partition coefficient (Wildman–Crippen LogP) is 4.82. The molecule has 0 bridgehead atoms. The molecule has 2 aromatic rings. The van der Waals surface area contributed by atoms with E-state index in [1.807, 2.05) is 56.3 Å². The molecule has 1 amide bonds. The van der Waals surface area contributed by atoms with E-state index in [-0.39, 0.29) is 12.5 Å². The fraction of sp³-hybridized carbons (Fsp3) is 0.211. The van der Waals surface area contributed by atoms with E-state index in [1.165, 1.54) is 0 Å². The molecule has 0 aliphatic rings. The fourth-order valence-corrected chi connectivity index (χ4v) is 2.41. The lowest BCUT2D eigenvalue weighted by atomic mass is 10.2. The van der Waals surface area contributed by atoms with E-state index < -0.39 is 0 Å². The maximum atomic E-state index is 12.1. The van der Waals surface area contributed by atoms with E-state index in [0.29, 0.717) is 11.5 Å². The normalized spacial score (nSPS) is 10.7. The standard InChI is InChI=1S/C19H20BrNO3/c1-4-5-14-6-9-17(18(11-14)23-3)24-12-19(22)21-15-7-8-16(20)13(2)10-15/h4-11H,12H2,1-3H3,(H,21,22)/b5-4+. The van der Waals surface area contributed by atoms with Gasteiger partial charge in [0.05, 0.1) is 7.11 Å². The zero-order chi connectivity index (χ0) is 17.5. The second kappa shape index (κ2) is 8.55. The summed E-state index contributed by atoms with van der Waals surface area (Å²) in [5.74, 6) is 0.905. The van der Waals surface area contributed by atoms with Crippen LogP contribution in [0, 0.1) is 6.92 Å². The van der Waals surface area contributed by atoms with Gasteiger partial charge in [-0.25, -0.2) is 0 Å². The van der Waals surface area contributed by atoms with Crippen molar-refractivity contribution in [3.63, 3.8) is 0 Å². The number of allylic oxidation sites excluding steroid dienone is 1. The molecule has 0 heterocycles. The van der Waals surface area contributed by atoms with Crippen LogP contribution >= 0.6 is 15.9 Å². The summed E-state index contributed by atoms with van der Waals surface area (Å²) in [6.07, 6.45) is 3.91. The van der Waals surface area contributed by atoms with Crippen molar-refractivity contribution in [3.05, 3.63) is 58.1 Å². The summed E-state index contributed by atoms with van der Waals surface area (Å²) in [5.41, 5.74) is 2.80. The van der Waals surface area contributed by atoms with Gasteiger partial charge in [-0.15, -0.1) is 0 Å². The number of amides is 1. The van der Waals surface area contributed by atoms with Crippen LogP contribution in [0.3, 0.4) is 0 Å². The Bertz CT molecular complexity index is 756. The molecule has 0 atom stereocenters. The van der Waals surface area contributed by atoms with E-state index in [4.69, 9.17) is 9.47 Å². The van der Waals surface area contributed by atoms with Gasteiger partial charge >= 0.3 is 0 Å². The van der Waals surface area contributed by atoms with E-state index in [0.717, 1.165) is 21.3 Å². The molecule has 4 nitrogen and oxygen atoms in total. The number of benzene rings is 2. The van der Waals surface area contributed by atoms with Crippen molar-refractivity contribution in [2.75, 3.05) is 19.0 Å². The molecule has 1 N–H and O–H groups in total. The van der Waals surface area contributed by atoms with Crippen molar-refractivity contribution in [3.8, 4) is 11.5 Å². The number of rotatable bonds is 6. The minimum absolute atomic E-state index is 0.0889. The Balaban J connectivity index is 1.99. The predicted molar refractivity (Wildman–Crippen MR) is 101 cm³/mol. The first-order valence-electron chi connectivity index (χ1n) is 7.53. The van der Waals surface area contributed by atoms with Gasteiger partial charge in [0, 0.05) is 10.2 Å². The second-order valence-corrected chi connectivity index (χ2v) is 6.07. The van der Waals surface area contributed by atoms with Crippen LogP contribution in [0.4, 0.5) is 5.69 Å². The number of ether oxygens (including phenoxy) is 2. The Hall–Kier alpha value is -2.27. The third-order valence-corrected chi connectivity index (χ3v) is 4.24. The van der Waals surface area contributed by atoms with E-state index in [1.54, 1.807) is 13.2 Å². The molecular weight excluding hydrogens is 370 g/mol. The third kappa shape index (κ3) is 4.86. The van der Waals surface area contributed by atoms with Gasteiger partial charge in [-0.05, 0) is 55.3 Å². The van der Waals surface area contributed by atoms with Gasteiger partial charge in [0.25, 0.3) is 5.91 Å². The number of carbonyl (C=O) groups is 1. The number of hydrogen-bond acceptors (Lipinski definition) is 3. The van der Waals surface area contributed by atoms with E-state index >= 15 is 0 Å². The smallest absolute Gasteiger partial charge is 0.262 e. The van der Waals surface area contributed by atoms with Crippen LogP contribution in [0.1, 0.15) is 18.1 Å². The molecule has 0 saturated carbocycles. The monoisotopic (exact) mass is 389 g/mol. The van der Waals surface area contributed by atoms with Crippen LogP contribution in [-0.2, 0) is 4.79 Å². The molecule has 0 unspecified atom stereocenters. The Morgan fingerprint density at radius 3 is 2.67 bits per heavy atom. The summed E-state index contributed by atoms with van der Waals surface area (Å²) < 4.78 is 11.9. The highest BCUT2D eigenvalue weighted by Crippen LogP contribution is 2.28. The lowest BCUT2D eigenvalue weighted by Gasteiger charge is -2.12. The summed E-state index contributed by atoms with van der Waals surface area (Å²) in [6, 6.07) is 11.2. The molecule has 0 aliphatic carbocycles. The molecule has 126 valence electrons. The van der Waals surface area contributed by atoms with Gasteiger partial charge in [-0.1, -0.05) is 34.1 Å². The molecule has 24 heavy (non-hydrogen) atoms. The first kappa shape index (κ1) is 18.1. The molecule has 2 aromatic carbocycles. The number of aryl methyl sites for hydroxylation is 1. The Labute approximate surface area is 150 Å². The van der Waals surface area contributed by atoms with Gasteiger partial charge in [0.15, 0.2) is 18.1 Å². The number of hydrogen-bond donors (Lipinski definition) is 1. The quantitative estimate of drug-likeness (QED) is 0.770. The van der Waals surface area contributed by atoms with E-state index in [2.05, 4.69) is 21.2 Å². The minimum Gasteiger partial charge on any atom is -0.493 e. The Morgan fingerprint density at radius 1 is 1.21 bits per heavy atom. The van der Waals surface area contributed by atoms with Gasteiger partial charge in [0.1, 0.15) is 0 Å². The van der Waals surface area contributed by atoms with Gasteiger partial charge < -0.3 is 14.8 Å². The van der Waals surface area contributed by atoms with Crippen molar-refractivity contribution in [2.24, 2.45) is 0 Å². The summed E-state index contributed by atoms with van der Waals surface area (Å²) in [6.45, 7) is 3.83. The van der Waals surface area contributed by atoms with E-state index in [9.17, 15) is 4.79 Å². The van der Waals surface area contributed by atoms with Crippen molar-refractivity contribution in [1.82, 2.24) is 0 Å². The number of carbonyl (C=O) groups excluding carboxylic acids is 1. The zero-order valence-electron chi connectivity index (χ0n) is 13.9. The average molecular weight is 390 g/mol. The molecule has 0 fully saturated rings. The van der Waals surface area contributed by atoms with Crippen LogP contribution < -0.4 is 14.8 Å². The second-order valence-electron chi connectivity index (χ2n) is 5.21.